The van der Waals surface area contributed by atoms with Gasteiger partial charge in [-0.2, -0.15) is 0 Å². The Balaban J connectivity index is 1.51. The lowest BCUT2D eigenvalue weighted by Gasteiger charge is -2.36. The molecule has 1 heterocycles. The van der Waals surface area contributed by atoms with E-state index in [1.807, 2.05) is 12.1 Å². The molecule has 24 heavy (non-hydrogen) atoms. The van der Waals surface area contributed by atoms with Crippen molar-refractivity contribution in [1.29, 1.82) is 0 Å². The van der Waals surface area contributed by atoms with Gasteiger partial charge in [0, 0.05) is 17.8 Å². The third kappa shape index (κ3) is 4.01. The van der Waals surface area contributed by atoms with Crippen molar-refractivity contribution >= 4 is 11.6 Å². The molecule has 132 valence electrons. The molecule has 1 aliphatic carbocycles. The number of quaternary nitrogens is 1. The zero-order valence-corrected chi connectivity index (χ0v) is 14.9. The minimum absolute atomic E-state index is 0.0399. The fraction of sp³-hybridized carbons (Fsp3) is 0.632. The Bertz CT molecular complexity index is 549. The predicted molar refractivity (Wildman–Crippen MR) is 95.8 cm³/mol. The summed E-state index contributed by atoms with van der Waals surface area (Å²) in [6.45, 7) is 6.01. The molecule has 1 amide bonds. The van der Waals surface area contributed by atoms with E-state index in [1.54, 1.807) is 7.11 Å². The number of nitrogens with one attached hydrogen (secondary N) is 2. The quantitative estimate of drug-likeness (QED) is 0.840. The molecule has 0 bridgehead atoms. The van der Waals surface area contributed by atoms with Crippen molar-refractivity contribution in [3.63, 3.8) is 0 Å². The first kappa shape index (κ1) is 17.1. The summed E-state index contributed by atoms with van der Waals surface area (Å²) in [6, 6.07) is 8.67. The molecule has 2 fully saturated rings. The summed E-state index contributed by atoms with van der Waals surface area (Å²) in [6.07, 6.45) is 4.81. The summed E-state index contributed by atoms with van der Waals surface area (Å²) in [4.78, 5) is 16.2. The Hall–Kier alpha value is -1.75. The van der Waals surface area contributed by atoms with Crippen molar-refractivity contribution in [2.45, 2.75) is 44.7 Å². The van der Waals surface area contributed by atoms with Crippen LogP contribution in [0.3, 0.4) is 0 Å². The second-order valence-corrected chi connectivity index (χ2v) is 7.06. The van der Waals surface area contributed by atoms with Gasteiger partial charge < -0.3 is 19.9 Å². The molecule has 0 radical (unpaired) electrons. The van der Waals surface area contributed by atoms with E-state index in [9.17, 15) is 4.79 Å². The first-order chi connectivity index (χ1) is 11.7. The first-order valence-electron chi connectivity index (χ1n) is 9.21. The van der Waals surface area contributed by atoms with E-state index < -0.39 is 0 Å². The van der Waals surface area contributed by atoms with Crippen molar-refractivity contribution < 1.29 is 14.4 Å². The third-order valence-electron chi connectivity index (χ3n) is 5.53. The van der Waals surface area contributed by atoms with Crippen LogP contribution in [0.15, 0.2) is 24.3 Å². The number of amides is 1. The average molecular weight is 332 g/mol. The fourth-order valence-corrected chi connectivity index (χ4v) is 3.87. The van der Waals surface area contributed by atoms with Crippen molar-refractivity contribution in [2.24, 2.45) is 0 Å². The molecule has 5 nitrogen and oxygen atoms in total. The van der Waals surface area contributed by atoms with E-state index in [-0.39, 0.29) is 11.9 Å². The van der Waals surface area contributed by atoms with Gasteiger partial charge in [-0.1, -0.05) is 18.9 Å². The molecule has 1 aromatic rings. The molecule has 0 unspecified atom stereocenters. The van der Waals surface area contributed by atoms with Crippen LogP contribution in [-0.4, -0.2) is 51.3 Å². The lowest BCUT2D eigenvalue weighted by atomic mass is 10.1. The van der Waals surface area contributed by atoms with Crippen LogP contribution in [0.2, 0.25) is 0 Å². The van der Waals surface area contributed by atoms with Crippen LogP contribution in [0, 0.1) is 0 Å². The number of rotatable bonds is 5. The van der Waals surface area contributed by atoms with Crippen LogP contribution in [-0.2, 0) is 4.79 Å². The molecule has 5 heteroatoms. The Morgan fingerprint density at radius 2 is 2.00 bits per heavy atom. The Kier molecular flexibility index (Phi) is 5.61. The van der Waals surface area contributed by atoms with Gasteiger partial charge in [0.2, 0.25) is 0 Å². The van der Waals surface area contributed by atoms with Gasteiger partial charge in [0.05, 0.1) is 33.3 Å². The lowest BCUT2D eigenvalue weighted by Crippen LogP contribution is -3.19. The number of carbonyl (C=O) groups is 1. The number of methoxy groups -OCH3 is 1. The maximum absolute atomic E-state index is 12.5. The summed E-state index contributed by atoms with van der Waals surface area (Å²) in [5.41, 5.74) is 1.21. The number of hydrogen-bond donors (Lipinski definition) is 2. The number of piperazine rings is 1. The summed E-state index contributed by atoms with van der Waals surface area (Å²) in [7, 11) is 1.70. The van der Waals surface area contributed by atoms with Crippen LogP contribution in [0.1, 0.15) is 32.6 Å². The largest absolute Gasteiger partial charge is 0.497 e. The molecule has 1 atom stereocenters. The van der Waals surface area contributed by atoms with Crippen molar-refractivity contribution in [3.8, 4) is 5.75 Å². The zero-order valence-electron chi connectivity index (χ0n) is 14.9. The van der Waals surface area contributed by atoms with Crippen molar-refractivity contribution in [3.05, 3.63) is 24.3 Å². The maximum atomic E-state index is 12.5. The van der Waals surface area contributed by atoms with E-state index in [1.165, 1.54) is 23.4 Å². The normalized spacial score (nSPS) is 20.8. The van der Waals surface area contributed by atoms with Gasteiger partial charge in [-0.05, 0) is 31.9 Å². The molecule has 1 saturated heterocycles. The van der Waals surface area contributed by atoms with E-state index in [2.05, 4.69) is 29.3 Å². The van der Waals surface area contributed by atoms with Gasteiger partial charge in [-0.25, -0.2) is 0 Å². The lowest BCUT2D eigenvalue weighted by molar-refractivity contribution is -0.914. The van der Waals surface area contributed by atoms with Gasteiger partial charge in [0.15, 0.2) is 6.04 Å². The van der Waals surface area contributed by atoms with Gasteiger partial charge in [-0.3, -0.25) is 4.79 Å². The minimum atomic E-state index is 0.0399. The van der Waals surface area contributed by atoms with Crippen LogP contribution in [0.5, 0.6) is 5.75 Å². The summed E-state index contributed by atoms with van der Waals surface area (Å²) in [5, 5.41) is 3.24. The number of benzene rings is 1. The molecule has 1 aromatic carbocycles. The maximum Gasteiger partial charge on any atom is 0.278 e. The molecule has 2 aliphatic rings. The van der Waals surface area contributed by atoms with Crippen LogP contribution < -0.4 is 19.9 Å². The highest BCUT2D eigenvalue weighted by atomic mass is 16.5. The molecule has 0 aromatic heterocycles. The fourth-order valence-electron chi connectivity index (χ4n) is 3.87. The minimum Gasteiger partial charge on any atom is -0.497 e. The highest BCUT2D eigenvalue weighted by molar-refractivity contribution is 5.80. The average Bonchev–Trinajstić information content (AvgIpc) is 3.14. The number of nitrogens with zero attached hydrogens (tertiary/aromatic N) is 1. The Morgan fingerprint density at radius 1 is 1.29 bits per heavy atom. The summed E-state index contributed by atoms with van der Waals surface area (Å²) < 4.78 is 5.31. The number of anilines is 1. The Labute approximate surface area is 145 Å². The predicted octanol–water partition coefficient (Wildman–Crippen LogP) is 0.847. The number of ether oxygens (including phenoxy) is 1. The van der Waals surface area contributed by atoms with E-state index in [0.717, 1.165) is 44.8 Å². The van der Waals surface area contributed by atoms with E-state index in [0.29, 0.717) is 6.04 Å². The van der Waals surface area contributed by atoms with E-state index in [4.69, 9.17) is 4.74 Å². The molecule has 0 spiro atoms. The monoisotopic (exact) mass is 332 g/mol. The molecule has 1 aliphatic heterocycles. The van der Waals surface area contributed by atoms with Crippen LogP contribution in [0.4, 0.5) is 5.69 Å². The Morgan fingerprint density at radius 3 is 2.67 bits per heavy atom. The van der Waals surface area contributed by atoms with Gasteiger partial charge in [0.25, 0.3) is 5.91 Å². The van der Waals surface area contributed by atoms with E-state index >= 15 is 0 Å². The third-order valence-corrected chi connectivity index (χ3v) is 5.53. The SMILES string of the molecule is COc1cccc(N2CC[NH+]([C@H](C)C(=O)NC3CCCC3)CC2)c1. The van der Waals surface area contributed by atoms with Crippen LogP contribution >= 0.6 is 0 Å². The molecule has 1 saturated carbocycles. The number of hydrogen-bond acceptors (Lipinski definition) is 3. The highest BCUT2D eigenvalue weighted by Crippen LogP contribution is 2.21. The molecular formula is C19H30N3O2+. The second kappa shape index (κ2) is 7.88. The standard InChI is InChI=1S/C19H29N3O2/c1-15(19(23)20-16-6-3-4-7-16)21-10-12-22(13-11-21)17-8-5-9-18(14-17)24-2/h5,8-9,14-16H,3-4,6-7,10-13H2,1-2H3,(H,20,23)/p+1/t15-/m1/s1. The molecule has 2 N–H and O–H groups in total. The summed E-state index contributed by atoms with van der Waals surface area (Å²) >= 11 is 0. The smallest absolute Gasteiger partial charge is 0.278 e. The second-order valence-electron chi connectivity index (χ2n) is 7.06. The summed E-state index contributed by atoms with van der Waals surface area (Å²) in [5.74, 6) is 1.12. The zero-order chi connectivity index (χ0) is 16.9. The molecular weight excluding hydrogens is 302 g/mol. The highest BCUT2D eigenvalue weighted by Gasteiger charge is 2.30. The van der Waals surface area contributed by atoms with Crippen molar-refractivity contribution in [2.75, 3.05) is 38.2 Å². The molecule has 3 rings (SSSR count). The van der Waals surface area contributed by atoms with Crippen LogP contribution in [0.25, 0.3) is 0 Å². The van der Waals surface area contributed by atoms with Gasteiger partial charge >= 0.3 is 0 Å². The van der Waals surface area contributed by atoms with Gasteiger partial charge in [0.1, 0.15) is 5.75 Å². The first-order valence-corrected chi connectivity index (χ1v) is 9.21. The number of carbonyl (C=O) groups excluding carboxylic acids is 1. The van der Waals surface area contributed by atoms with Crippen molar-refractivity contribution in [1.82, 2.24) is 5.32 Å². The topological polar surface area (TPSA) is 46.0 Å². The van der Waals surface area contributed by atoms with Gasteiger partial charge in [-0.15, -0.1) is 0 Å².